The Hall–Kier alpha value is -2.24. The van der Waals surface area contributed by atoms with E-state index in [1.54, 1.807) is 12.1 Å². The van der Waals surface area contributed by atoms with Gasteiger partial charge in [-0.1, -0.05) is 26.0 Å². The van der Waals surface area contributed by atoms with E-state index in [2.05, 4.69) is 20.5 Å². The Morgan fingerprint density at radius 1 is 1.29 bits per heavy atom. The van der Waals surface area contributed by atoms with E-state index >= 15 is 0 Å². The van der Waals surface area contributed by atoms with Crippen LogP contribution in [0.1, 0.15) is 48.7 Å². The third-order valence-corrected chi connectivity index (χ3v) is 3.09. The molecule has 1 atom stereocenters. The normalized spacial score (nSPS) is 12.4. The number of hydrogen-bond donors (Lipinski definition) is 2. The quantitative estimate of drug-likeness (QED) is 0.888. The number of aromatic nitrogens is 3. The first-order chi connectivity index (χ1) is 9.95. The number of H-pyrrole nitrogens is 1. The maximum absolute atomic E-state index is 12.8. The van der Waals surface area contributed by atoms with Crippen molar-refractivity contribution in [3.05, 3.63) is 47.3 Å². The molecule has 112 valence electrons. The zero-order valence-electron chi connectivity index (χ0n) is 12.4. The van der Waals surface area contributed by atoms with Gasteiger partial charge in [0.1, 0.15) is 11.6 Å². The van der Waals surface area contributed by atoms with E-state index in [0.29, 0.717) is 12.2 Å². The van der Waals surface area contributed by atoms with Gasteiger partial charge in [0, 0.05) is 12.0 Å². The highest BCUT2D eigenvalue weighted by atomic mass is 19.1. The molecule has 1 amide bonds. The fraction of sp³-hybridized carbons (Fsp3) is 0.400. The Kier molecular flexibility index (Phi) is 4.67. The van der Waals surface area contributed by atoms with Crippen LogP contribution in [0.25, 0.3) is 0 Å². The first-order valence-electron chi connectivity index (χ1n) is 6.93. The number of rotatable bonds is 5. The maximum Gasteiger partial charge on any atom is 0.291 e. The van der Waals surface area contributed by atoms with Crippen LogP contribution >= 0.6 is 0 Å². The summed E-state index contributed by atoms with van der Waals surface area (Å²) in [6, 6.07) is 6.15. The van der Waals surface area contributed by atoms with E-state index in [9.17, 15) is 9.18 Å². The summed E-state index contributed by atoms with van der Waals surface area (Å²) < 4.78 is 12.8. The van der Waals surface area contributed by atoms with E-state index in [0.717, 1.165) is 5.56 Å². The molecule has 0 radical (unpaired) electrons. The average Bonchev–Trinajstić information content (AvgIpc) is 2.91. The molecule has 1 heterocycles. The van der Waals surface area contributed by atoms with Crippen LogP contribution in [0.2, 0.25) is 0 Å². The summed E-state index contributed by atoms with van der Waals surface area (Å²) in [5.74, 6) is 0.442. The van der Waals surface area contributed by atoms with Gasteiger partial charge in [0.15, 0.2) is 0 Å². The number of hydrogen-bond acceptors (Lipinski definition) is 3. The smallest absolute Gasteiger partial charge is 0.291 e. The number of amides is 1. The number of halogens is 1. The molecule has 2 rings (SSSR count). The van der Waals surface area contributed by atoms with E-state index < -0.39 is 0 Å². The van der Waals surface area contributed by atoms with Gasteiger partial charge in [-0.15, -0.1) is 5.10 Å². The Balaban J connectivity index is 1.93. The van der Waals surface area contributed by atoms with Gasteiger partial charge in [0.25, 0.3) is 5.91 Å². The largest absolute Gasteiger partial charge is 0.346 e. The van der Waals surface area contributed by atoms with Crippen LogP contribution in [0.15, 0.2) is 24.3 Å². The number of aromatic amines is 1. The van der Waals surface area contributed by atoms with Gasteiger partial charge >= 0.3 is 0 Å². The predicted octanol–water partition coefficient (Wildman–Crippen LogP) is 2.43. The van der Waals surface area contributed by atoms with Crippen molar-refractivity contribution in [2.45, 2.75) is 39.2 Å². The molecule has 0 saturated carbocycles. The van der Waals surface area contributed by atoms with Gasteiger partial charge in [-0.05, 0) is 31.0 Å². The SMILES string of the molecule is CC(Cc1ccc(F)cc1)NC(=O)c1n[nH]c(C(C)C)n1. The zero-order chi connectivity index (χ0) is 15.4. The molecule has 0 saturated heterocycles. The van der Waals surface area contributed by atoms with Gasteiger partial charge in [0.2, 0.25) is 5.82 Å². The second-order valence-electron chi connectivity index (χ2n) is 5.40. The molecule has 0 bridgehead atoms. The summed E-state index contributed by atoms with van der Waals surface area (Å²) >= 11 is 0. The van der Waals surface area contributed by atoms with Crippen molar-refractivity contribution in [3.63, 3.8) is 0 Å². The van der Waals surface area contributed by atoms with Gasteiger partial charge < -0.3 is 5.32 Å². The summed E-state index contributed by atoms with van der Waals surface area (Å²) in [5, 5.41) is 9.50. The molecule has 21 heavy (non-hydrogen) atoms. The fourth-order valence-electron chi connectivity index (χ4n) is 1.95. The lowest BCUT2D eigenvalue weighted by Gasteiger charge is -2.12. The molecular formula is C15H19FN4O. The summed E-state index contributed by atoms with van der Waals surface area (Å²) in [6.45, 7) is 5.83. The Labute approximate surface area is 123 Å². The lowest BCUT2D eigenvalue weighted by Crippen LogP contribution is -2.34. The van der Waals surface area contributed by atoms with Crippen LogP contribution in [0.3, 0.4) is 0 Å². The van der Waals surface area contributed by atoms with Crippen molar-refractivity contribution in [3.8, 4) is 0 Å². The van der Waals surface area contributed by atoms with Crippen molar-refractivity contribution < 1.29 is 9.18 Å². The highest BCUT2D eigenvalue weighted by molar-refractivity contribution is 5.90. The van der Waals surface area contributed by atoms with Gasteiger partial charge in [-0.3, -0.25) is 9.89 Å². The molecule has 0 spiro atoms. The van der Waals surface area contributed by atoms with Crippen molar-refractivity contribution in [2.75, 3.05) is 0 Å². The van der Waals surface area contributed by atoms with E-state index in [1.165, 1.54) is 12.1 Å². The molecule has 0 aliphatic rings. The minimum Gasteiger partial charge on any atom is -0.346 e. The van der Waals surface area contributed by atoms with E-state index in [1.807, 2.05) is 20.8 Å². The fourth-order valence-corrected chi connectivity index (χ4v) is 1.95. The third kappa shape index (κ3) is 4.11. The number of nitrogens with one attached hydrogen (secondary N) is 2. The van der Waals surface area contributed by atoms with Gasteiger partial charge in [-0.25, -0.2) is 9.37 Å². The highest BCUT2D eigenvalue weighted by Gasteiger charge is 2.16. The summed E-state index contributed by atoms with van der Waals surface area (Å²) in [5.41, 5.74) is 0.960. The van der Waals surface area contributed by atoms with E-state index in [-0.39, 0.29) is 29.5 Å². The molecular weight excluding hydrogens is 271 g/mol. The molecule has 5 nitrogen and oxygen atoms in total. The van der Waals surface area contributed by atoms with Crippen LogP contribution in [-0.2, 0) is 6.42 Å². The average molecular weight is 290 g/mol. The van der Waals surface area contributed by atoms with Crippen LogP contribution in [0.4, 0.5) is 4.39 Å². The lowest BCUT2D eigenvalue weighted by molar-refractivity contribution is 0.0930. The second-order valence-corrected chi connectivity index (χ2v) is 5.40. The van der Waals surface area contributed by atoms with Crippen LogP contribution in [-0.4, -0.2) is 27.1 Å². The second kappa shape index (κ2) is 6.47. The van der Waals surface area contributed by atoms with Gasteiger partial charge in [-0.2, -0.15) is 0 Å². The Morgan fingerprint density at radius 2 is 1.95 bits per heavy atom. The minimum absolute atomic E-state index is 0.0936. The maximum atomic E-state index is 12.8. The summed E-state index contributed by atoms with van der Waals surface area (Å²) in [4.78, 5) is 16.2. The first kappa shape index (κ1) is 15.2. The van der Waals surface area contributed by atoms with Crippen molar-refractivity contribution in [2.24, 2.45) is 0 Å². The minimum atomic E-state index is -0.312. The molecule has 1 aromatic heterocycles. The summed E-state index contributed by atoms with van der Waals surface area (Å²) in [6.07, 6.45) is 0.619. The van der Waals surface area contributed by atoms with Crippen molar-refractivity contribution in [1.29, 1.82) is 0 Å². The molecule has 0 aliphatic heterocycles. The summed E-state index contributed by atoms with van der Waals surface area (Å²) in [7, 11) is 0. The van der Waals surface area contributed by atoms with Crippen molar-refractivity contribution in [1.82, 2.24) is 20.5 Å². The van der Waals surface area contributed by atoms with Gasteiger partial charge in [0.05, 0.1) is 0 Å². The lowest BCUT2D eigenvalue weighted by atomic mass is 10.1. The molecule has 0 aliphatic carbocycles. The van der Waals surface area contributed by atoms with Crippen LogP contribution in [0.5, 0.6) is 0 Å². The monoisotopic (exact) mass is 290 g/mol. The number of nitrogens with zero attached hydrogens (tertiary/aromatic N) is 2. The molecule has 6 heteroatoms. The first-order valence-corrected chi connectivity index (χ1v) is 6.93. The molecule has 2 N–H and O–H groups in total. The van der Waals surface area contributed by atoms with Crippen molar-refractivity contribution >= 4 is 5.91 Å². The molecule has 0 fully saturated rings. The molecule has 1 aromatic carbocycles. The third-order valence-electron chi connectivity index (χ3n) is 3.09. The molecule has 2 aromatic rings. The number of benzene rings is 1. The molecule has 1 unspecified atom stereocenters. The number of carbonyl (C=O) groups is 1. The number of carbonyl (C=O) groups excluding carboxylic acids is 1. The Morgan fingerprint density at radius 3 is 2.52 bits per heavy atom. The topological polar surface area (TPSA) is 70.7 Å². The standard InChI is InChI=1S/C15H19FN4O/c1-9(2)13-18-14(20-19-13)15(21)17-10(3)8-11-4-6-12(16)7-5-11/h4-7,9-10H,8H2,1-3H3,(H,17,21)(H,18,19,20). The predicted molar refractivity (Wildman–Crippen MR) is 77.5 cm³/mol. The highest BCUT2D eigenvalue weighted by Crippen LogP contribution is 2.08. The zero-order valence-corrected chi connectivity index (χ0v) is 12.4. The van der Waals surface area contributed by atoms with Crippen LogP contribution in [0, 0.1) is 5.82 Å². The van der Waals surface area contributed by atoms with Crippen LogP contribution < -0.4 is 5.32 Å². The van der Waals surface area contributed by atoms with E-state index in [4.69, 9.17) is 0 Å². The Bertz CT molecular complexity index is 606.